The van der Waals surface area contributed by atoms with Gasteiger partial charge in [-0.3, -0.25) is 9.52 Å². The number of fused-ring (bicyclic) bond motifs is 1. The monoisotopic (exact) mass is 621 g/mol. The number of ether oxygens (including phenoxy) is 1. The maximum Gasteiger partial charge on any atom is 0.261 e. The quantitative estimate of drug-likeness (QED) is 0.372. The maximum absolute atomic E-state index is 13.7. The molecule has 0 radical (unpaired) electrons. The standard InChI is InChI=1S/C28H32ClN3O7S2/c1-19-16-32(20(2)18-33)28(34)25-15-22(30-40(35,36)23-12-9-21(29)10-13-23)11-14-26(25)39-27(19)17-31(3)41(37,38)24-7-5-4-6-8-24/h4-15,19-20,27,30,33H,16-18H2,1-3H3/t19-,20+,27-/m1/s1. The van der Waals surface area contributed by atoms with Gasteiger partial charge in [0.05, 0.1) is 34.5 Å². The number of aliphatic hydroxyl groups is 1. The summed E-state index contributed by atoms with van der Waals surface area (Å²) in [7, 11) is -6.34. The van der Waals surface area contributed by atoms with Gasteiger partial charge in [-0.05, 0) is 61.5 Å². The first-order valence-corrected chi connectivity index (χ1v) is 16.2. The first-order chi connectivity index (χ1) is 19.3. The van der Waals surface area contributed by atoms with E-state index in [9.17, 15) is 26.7 Å². The average molecular weight is 622 g/mol. The molecule has 1 amide bonds. The number of carbonyl (C=O) groups is 1. The van der Waals surface area contributed by atoms with E-state index in [1.807, 2.05) is 6.92 Å². The Balaban J connectivity index is 1.68. The summed E-state index contributed by atoms with van der Waals surface area (Å²) in [5.74, 6) is -0.608. The number of rotatable bonds is 9. The lowest BCUT2D eigenvalue weighted by molar-refractivity contribution is 0.0387. The van der Waals surface area contributed by atoms with Crippen LogP contribution in [-0.4, -0.2) is 75.9 Å². The summed E-state index contributed by atoms with van der Waals surface area (Å²) in [6.45, 7) is 3.39. The molecule has 0 aromatic heterocycles. The highest BCUT2D eigenvalue weighted by Gasteiger charge is 2.35. The van der Waals surface area contributed by atoms with Crippen LogP contribution in [0.2, 0.25) is 5.02 Å². The van der Waals surface area contributed by atoms with Crippen LogP contribution in [-0.2, 0) is 20.0 Å². The number of sulfonamides is 2. The van der Waals surface area contributed by atoms with Gasteiger partial charge in [-0.2, -0.15) is 4.31 Å². The Morgan fingerprint density at radius 3 is 2.34 bits per heavy atom. The van der Waals surface area contributed by atoms with E-state index in [0.717, 1.165) is 0 Å². The Morgan fingerprint density at radius 1 is 1.05 bits per heavy atom. The van der Waals surface area contributed by atoms with E-state index in [2.05, 4.69) is 4.72 Å². The van der Waals surface area contributed by atoms with Gasteiger partial charge in [0, 0.05) is 30.2 Å². The minimum absolute atomic E-state index is 0.0108. The highest BCUT2D eigenvalue weighted by molar-refractivity contribution is 7.92. The molecule has 0 saturated heterocycles. The van der Waals surface area contributed by atoms with Gasteiger partial charge < -0.3 is 14.7 Å². The Morgan fingerprint density at radius 2 is 1.71 bits per heavy atom. The molecule has 0 saturated carbocycles. The summed E-state index contributed by atoms with van der Waals surface area (Å²) < 4.78 is 62.2. The molecule has 10 nitrogen and oxygen atoms in total. The molecule has 1 aliphatic heterocycles. The van der Waals surface area contributed by atoms with Crippen molar-refractivity contribution in [1.29, 1.82) is 0 Å². The van der Waals surface area contributed by atoms with Gasteiger partial charge in [0.25, 0.3) is 15.9 Å². The molecular formula is C28H32ClN3O7S2. The fraction of sp³-hybridized carbons (Fsp3) is 0.321. The van der Waals surface area contributed by atoms with E-state index >= 15 is 0 Å². The summed E-state index contributed by atoms with van der Waals surface area (Å²) >= 11 is 5.88. The SMILES string of the molecule is C[C@@H]1CN([C@@H](C)CO)C(=O)c2cc(NS(=O)(=O)c3ccc(Cl)cc3)ccc2O[C@@H]1CN(C)S(=O)(=O)c1ccccc1. The molecule has 220 valence electrons. The molecule has 0 fully saturated rings. The van der Waals surface area contributed by atoms with Crippen LogP contribution < -0.4 is 9.46 Å². The summed E-state index contributed by atoms with van der Waals surface area (Å²) in [5.41, 5.74) is 0.202. The lowest BCUT2D eigenvalue weighted by Gasteiger charge is -2.38. The van der Waals surface area contributed by atoms with E-state index in [1.165, 1.54) is 70.9 Å². The summed E-state index contributed by atoms with van der Waals surface area (Å²) in [6, 6.07) is 17.4. The summed E-state index contributed by atoms with van der Waals surface area (Å²) in [6.07, 6.45) is -0.671. The molecule has 2 N–H and O–H groups in total. The fourth-order valence-electron chi connectivity index (χ4n) is 4.46. The second-order valence-electron chi connectivity index (χ2n) is 9.99. The number of likely N-dealkylation sites (N-methyl/N-ethyl adjacent to an activating group) is 1. The largest absolute Gasteiger partial charge is 0.488 e. The zero-order valence-electron chi connectivity index (χ0n) is 22.8. The summed E-state index contributed by atoms with van der Waals surface area (Å²) in [4.78, 5) is 15.3. The number of halogens is 1. The van der Waals surface area contributed by atoms with Crippen molar-refractivity contribution in [1.82, 2.24) is 9.21 Å². The number of aliphatic hydroxyl groups excluding tert-OH is 1. The summed E-state index contributed by atoms with van der Waals surface area (Å²) in [5, 5.41) is 10.3. The normalized spacial score (nSPS) is 18.7. The third-order valence-corrected chi connectivity index (χ3v) is 10.4. The van der Waals surface area contributed by atoms with Crippen LogP contribution in [0, 0.1) is 5.92 Å². The van der Waals surface area contributed by atoms with E-state index in [4.69, 9.17) is 16.3 Å². The van der Waals surface area contributed by atoms with E-state index in [0.29, 0.717) is 5.02 Å². The topological polar surface area (TPSA) is 133 Å². The molecule has 3 atom stereocenters. The Bertz CT molecular complexity index is 1600. The first-order valence-electron chi connectivity index (χ1n) is 12.9. The van der Waals surface area contributed by atoms with Gasteiger partial charge >= 0.3 is 0 Å². The number of hydrogen-bond acceptors (Lipinski definition) is 7. The number of amides is 1. The lowest BCUT2D eigenvalue weighted by Crippen LogP contribution is -2.50. The molecule has 3 aromatic carbocycles. The number of hydrogen-bond donors (Lipinski definition) is 2. The molecular weight excluding hydrogens is 590 g/mol. The minimum Gasteiger partial charge on any atom is -0.488 e. The van der Waals surface area contributed by atoms with Crippen LogP contribution in [0.25, 0.3) is 0 Å². The molecule has 0 aliphatic carbocycles. The minimum atomic E-state index is -3.99. The van der Waals surface area contributed by atoms with E-state index < -0.39 is 38.1 Å². The van der Waals surface area contributed by atoms with Crippen molar-refractivity contribution in [2.45, 2.75) is 35.8 Å². The number of benzene rings is 3. The van der Waals surface area contributed by atoms with Gasteiger partial charge in [-0.1, -0.05) is 36.7 Å². The predicted octanol–water partition coefficient (Wildman–Crippen LogP) is 3.68. The highest BCUT2D eigenvalue weighted by atomic mass is 35.5. The van der Waals surface area contributed by atoms with Crippen molar-refractivity contribution in [3.63, 3.8) is 0 Å². The molecule has 0 bridgehead atoms. The highest BCUT2D eigenvalue weighted by Crippen LogP contribution is 2.32. The molecule has 4 rings (SSSR count). The maximum atomic E-state index is 13.7. The molecule has 1 aliphatic rings. The Kier molecular flexibility index (Phi) is 9.29. The molecule has 13 heteroatoms. The van der Waals surface area contributed by atoms with Gasteiger partial charge in [0.1, 0.15) is 11.9 Å². The number of nitrogens with zero attached hydrogens (tertiary/aromatic N) is 2. The van der Waals surface area contributed by atoms with Crippen molar-refractivity contribution in [2.24, 2.45) is 5.92 Å². The predicted molar refractivity (Wildman–Crippen MR) is 156 cm³/mol. The van der Waals surface area contributed by atoms with Crippen molar-refractivity contribution in [3.8, 4) is 5.75 Å². The number of nitrogens with one attached hydrogen (secondary N) is 1. The molecule has 41 heavy (non-hydrogen) atoms. The van der Waals surface area contributed by atoms with Crippen LogP contribution in [0.5, 0.6) is 5.75 Å². The van der Waals surface area contributed by atoms with E-state index in [1.54, 1.807) is 25.1 Å². The molecule has 0 unspecified atom stereocenters. The van der Waals surface area contributed by atoms with Gasteiger partial charge in [-0.25, -0.2) is 16.8 Å². The van der Waals surface area contributed by atoms with Crippen LogP contribution in [0.15, 0.2) is 82.6 Å². The first kappa shape index (κ1) is 30.8. The van der Waals surface area contributed by atoms with Crippen molar-refractivity contribution in [2.75, 3.05) is 31.5 Å². The fourth-order valence-corrected chi connectivity index (χ4v) is 6.84. The zero-order valence-corrected chi connectivity index (χ0v) is 25.2. The third kappa shape index (κ3) is 6.84. The van der Waals surface area contributed by atoms with Gasteiger partial charge in [0.15, 0.2) is 0 Å². The Hall–Kier alpha value is -3.16. The number of carbonyl (C=O) groups excluding carboxylic acids is 1. The van der Waals surface area contributed by atoms with Crippen LogP contribution in [0.3, 0.4) is 0 Å². The smallest absolute Gasteiger partial charge is 0.261 e. The molecule has 0 spiro atoms. The lowest BCUT2D eigenvalue weighted by atomic mass is 9.99. The second-order valence-corrected chi connectivity index (χ2v) is 14.2. The van der Waals surface area contributed by atoms with Gasteiger partial charge in [-0.15, -0.1) is 0 Å². The van der Waals surface area contributed by atoms with Crippen LogP contribution >= 0.6 is 11.6 Å². The van der Waals surface area contributed by atoms with Crippen LogP contribution in [0.4, 0.5) is 5.69 Å². The van der Waals surface area contributed by atoms with Crippen molar-refractivity contribution >= 4 is 43.2 Å². The molecule has 3 aromatic rings. The van der Waals surface area contributed by atoms with Gasteiger partial charge in [0.2, 0.25) is 10.0 Å². The Labute approximate surface area is 245 Å². The second kappa shape index (κ2) is 12.4. The van der Waals surface area contributed by atoms with Crippen molar-refractivity contribution < 1.29 is 31.5 Å². The third-order valence-electron chi connectivity index (χ3n) is 6.93. The average Bonchev–Trinajstić information content (AvgIpc) is 2.95. The van der Waals surface area contributed by atoms with E-state index in [-0.39, 0.29) is 52.4 Å². The number of anilines is 1. The molecule has 1 heterocycles. The van der Waals surface area contributed by atoms with Crippen molar-refractivity contribution in [3.05, 3.63) is 83.4 Å². The zero-order chi connectivity index (χ0) is 29.9. The van der Waals surface area contributed by atoms with Crippen LogP contribution in [0.1, 0.15) is 24.2 Å².